The van der Waals surface area contributed by atoms with Crippen molar-refractivity contribution < 1.29 is 15.1 Å². The fraction of sp³-hybridized carbons (Fsp3) is 0. The minimum Gasteiger partial charge on any atom is -0.402 e. The Morgan fingerprint density at radius 3 is 2.18 bits per heavy atom. The van der Waals surface area contributed by atoms with Crippen molar-refractivity contribution in [3.05, 3.63) is 28.9 Å². The molecule has 1 aromatic rings. The fourth-order valence-corrected chi connectivity index (χ4v) is 0.310. The molecule has 0 bridgehead atoms. The lowest BCUT2D eigenvalue weighted by molar-refractivity contribution is 0.278. The Kier molecular flexibility index (Phi) is 5.00. The molecule has 4 N–H and O–H groups in total. The van der Waals surface area contributed by atoms with E-state index in [0.29, 0.717) is 0 Å². The van der Waals surface area contributed by atoms with Crippen molar-refractivity contribution in [2.24, 2.45) is 0 Å². The lowest BCUT2D eigenvalue weighted by Gasteiger charge is -1.73. The molecule has 0 spiro atoms. The highest BCUT2D eigenvalue weighted by molar-refractivity contribution is 6.30. The second-order valence-electron chi connectivity index (χ2n) is 1.45. The van der Waals surface area contributed by atoms with Crippen molar-refractivity contribution in [3.8, 4) is 0 Å². The van der Waals surface area contributed by atoms with Gasteiger partial charge in [0.15, 0.2) is 0 Å². The Balaban J connectivity index is 0.000000218. The highest BCUT2D eigenvalue weighted by atomic mass is 16.5. The van der Waals surface area contributed by atoms with Crippen LogP contribution in [0.5, 0.6) is 0 Å². The number of hydrogen-bond donors (Lipinski definition) is 4. The van der Waals surface area contributed by atoms with Gasteiger partial charge in [0.25, 0.3) is 5.56 Å². The Morgan fingerprint density at radius 2 is 2.00 bits per heavy atom. The number of rotatable bonds is 0. The van der Waals surface area contributed by atoms with Crippen LogP contribution in [0.25, 0.3) is 0 Å². The molecule has 0 unspecified atom stereocenters. The molecule has 0 saturated carbocycles. The van der Waals surface area contributed by atoms with Crippen molar-refractivity contribution in [2.45, 2.75) is 0 Å². The van der Waals surface area contributed by atoms with E-state index < -0.39 is 7.32 Å². The van der Waals surface area contributed by atoms with Crippen LogP contribution in [0.2, 0.25) is 0 Å². The van der Waals surface area contributed by atoms with Gasteiger partial charge in [-0.3, -0.25) is 9.78 Å². The zero-order valence-corrected chi connectivity index (χ0v) is 5.51. The molecule has 0 amide bonds. The van der Waals surface area contributed by atoms with Gasteiger partial charge in [-0.05, 0) is 0 Å². The van der Waals surface area contributed by atoms with Gasteiger partial charge in [-0.1, -0.05) is 0 Å². The third-order valence-corrected chi connectivity index (χ3v) is 0.578. The highest BCUT2D eigenvalue weighted by Gasteiger charge is 1.92. The van der Waals surface area contributed by atoms with Gasteiger partial charge in [0, 0.05) is 12.4 Å². The van der Waals surface area contributed by atoms with Gasteiger partial charge >= 0.3 is 7.32 Å². The molecule has 0 aliphatic heterocycles. The van der Waals surface area contributed by atoms with E-state index in [9.17, 15) is 4.79 Å². The molecule has 0 saturated heterocycles. The third kappa shape index (κ3) is 8.82. The molecule has 1 heterocycles. The summed E-state index contributed by atoms with van der Waals surface area (Å²) in [4.78, 5) is 16.1. The molecule has 0 fully saturated rings. The lowest BCUT2D eigenvalue weighted by Crippen LogP contribution is -2.07. The van der Waals surface area contributed by atoms with Gasteiger partial charge < -0.3 is 20.1 Å². The summed E-state index contributed by atoms with van der Waals surface area (Å²) in [7, 11) is -2.17. The molecular formula is C4H7BN2O4. The lowest BCUT2D eigenvalue weighted by atomic mass is 10.3. The van der Waals surface area contributed by atoms with Crippen LogP contribution in [0, 0.1) is 0 Å². The topological polar surface area (TPSA) is 106 Å². The largest absolute Gasteiger partial charge is 0.631 e. The summed E-state index contributed by atoms with van der Waals surface area (Å²) in [6.07, 6.45) is 4.23. The summed E-state index contributed by atoms with van der Waals surface area (Å²) in [5.74, 6) is 0. The van der Waals surface area contributed by atoms with Crippen molar-refractivity contribution in [1.29, 1.82) is 0 Å². The van der Waals surface area contributed by atoms with Gasteiger partial charge in [0.1, 0.15) is 0 Å². The van der Waals surface area contributed by atoms with Crippen LogP contribution in [0.1, 0.15) is 0 Å². The normalized spacial score (nSPS) is 7.91. The Hall–Kier alpha value is -1.18. The van der Waals surface area contributed by atoms with Crippen LogP contribution in [-0.2, 0) is 0 Å². The van der Waals surface area contributed by atoms with Gasteiger partial charge in [0.05, 0.1) is 6.20 Å². The van der Waals surface area contributed by atoms with Crippen molar-refractivity contribution in [2.75, 3.05) is 0 Å². The predicted octanol–water partition coefficient (Wildman–Crippen LogP) is -2.28. The Bertz CT molecular complexity index is 217. The van der Waals surface area contributed by atoms with Crippen molar-refractivity contribution in [1.82, 2.24) is 9.97 Å². The van der Waals surface area contributed by atoms with E-state index in [4.69, 9.17) is 15.1 Å². The molecule has 0 atom stereocenters. The summed E-state index contributed by atoms with van der Waals surface area (Å²) in [6, 6.07) is 0. The first-order chi connectivity index (χ1) is 5.13. The number of nitrogens with one attached hydrogen (secondary N) is 1. The summed E-state index contributed by atoms with van der Waals surface area (Å²) < 4.78 is 0. The number of nitrogens with zero attached hydrogens (tertiary/aromatic N) is 1. The first kappa shape index (κ1) is 9.82. The van der Waals surface area contributed by atoms with Gasteiger partial charge in [0.2, 0.25) is 0 Å². The standard InChI is InChI=1S/C4H4N2O.BH3O3/c7-4-3-5-1-2-6-4;2-1(3)4/h1-3H,(H,6,7);2-4H. The smallest absolute Gasteiger partial charge is 0.402 e. The van der Waals surface area contributed by atoms with Crippen LogP contribution < -0.4 is 5.56 Å². The average molecular weight is 158 g/mol. The Labute approximate surface area is 62.3 Å². The van der Waals surface area contributed by atoms with E-state index in [1.54, 1.807) is 0 Å². The summed E-state index contributed by atoms with van der Waals surface area (Å²) >= 11 is 0. The number of H-pyrrole nitrogens is 1. The minimum atomic E-state index is -2.17. The van der Waals surface area contributed by atoms with Crippen LogP contribution >= 0.6 is 0 Å². The molecular weight excluding hydrogens is 151 g/mol. The Morgan fingerprint density at radius 1 is 1.45 bits per heavy atom. The van der Waals surface area contributed by atoms with Gasteiger partial charge in [-0.15, -0.1) is 0 Å². The number of aromatic nitrogens is 2. The maximum Gasteiger partial charge on any atom is 0.631 e. The summed E-state index contributed by atoms with van der Waals surface area (Å²) in [5, 5.41) is 21.5. The van der Waals surface area contributed by atoms with Crippen LogP contribution in [0.15, 0.2) is 23.4 Å². The SMILES string of the molecule is O=c1cncc[nH]1.OB(O)O. The molecule has 0 radical (unpaired) electrons. The van der Waals surface area contributed by atoms with Gasteiger partial charge in [-0.2, -0.15) is 0 Å². The molecule has 60 valence electrons. The summed E-state index contributed by atoms with van der Waals surface area (Å²) in [6.45, 7) is 0. The second kappa shape index (κ2) is 5.60. The highest BCUT2D eigenvalue weighted by Crippen LogP contribution is 1.57. The molecule has 0 aliphatic rings. The fourth-order valence-electron chi connectivity index (χ4n) is 0.310. The van der Waals surface area contributed by atoms with Gasteiger partial charge in [-0.25, -0.2) is 0 Å². The maximum absolute atomic E-state index is 10.2. The molecule has 11 heavy (non-hydrogen) atoms. The minimum absolute atomic E-state index is 0.164. The zero-order chi connectivity index (χ0) is 8.69. The van der Waals surface area contributed by atoms with E-state index >= 15 is 0 Å². The first-order valence-corrected chi connectivity index (χ1v) is 2.66. The van der Waals surface area contributed by atoms with Crippen molar-refractivity contribution in [3.63, 3.8) is 0 Å². The maximum atomic E-state index is 10.2. The van der Waals surface area contributed by atoms with E-state index in [2.05, 4.69) is 9.97 Å². The zero-order valence-electron chi connectivity index (χ0n) is 5.51. The predicted molar refractivity (Wildman–Crippen MR) is 37.3 cm³/mol. The number of aromatic amines is 1. The quantitative estimate of drug-likeness (QED) is 0.318. The third-order valence-electron chi connectivity index (χ3n) is 0.578. The van der Waals surface area contributed by atoms with E-state index in [-0.39, 0.29) is 5.56 Å². The molecule has 7 heteroatoms. The van der Waals surface area contributed by atoms with Crippen LogP contribution in [-0.4, -0.2) is 32.4 Å². The average Bonchev–Trinajstić information content (AvgIpc) is 1.87. The molecule has 1 aromatic heterocycles. The van der Waals surface area contributed by atoms with Crippen molar-refractivity contribution >= 4 is 7.32 Å². The van der Waals surface area contributed by atoms with Crippen LogP contribution in [0.3, 0.4) is 0 Å². The van der Waals surface area contributed by atoms with Crippen LogP contribution in [0.4, 0.5) is 0 Å². The monoisotopic (exact) mass is 158 g/mol. The van der Waals surface area contributed by atoms with E-state index in [0.717, 1.165) is 0 Å². The second-order valence-corrected chi connectivity index (χ2v) is 1.45. The van der Waals surface area contributed by atoms with E-state index in [1.807, 2.05) is 0 Å². The number of hydrogen-bond acceptors (Lipinski definition) is 5. The molecule has 6 nitrogen and oxygen atoms in total. The molecule has 1 rings (SSSR count). The summed E-state index contributed by atoms with van der Waals surface area (Å²) in [5.41, 5.74) is -0.164. The van der Waals surface area contributed by atoms with E-state index in [1.165, 1.54) is 18.6 Å². The molecule has 0 aliphatic carbocycles. The molecule has 0 aromatic carbocycles. The first-order valence-electron chi connectivity index (χ1n) is 2.66.